The minimum atomic E-state index is -4.40. The van der Waals surface area contributed by atoms with E-state index in [1.807, 2.05) is 6.07 Å². The Morgan fingerprint density at radius 2 is 1.90 bits per heavy atom. The molecule has 4 rings (SSSR count). The number of rotatable bonds is 6. The van der Waals surface area contributed by atoms with Crippen LogP contribution in [0, 0.1) is 11.6 Å². The second-order valence-electron chi connectivity index (χ2n) is 7.12. The zero-order valence-electron chi connectivity index (χ0n) is 16.2. The molecule has 0 spiro atoms. The Morgan fingerprint density at radius 3 is 2.65 bits per heavy atom. The SMILES string of the molecule is Nc1cc(C2CCCC2Oc2cc(F)c(S(=O)(=O)Nc3ccncn3)cc2F)ccn1. The van der Waals surface area contributed by atoms with E-state index in [0.717, 1.165) is 30.8 Å². The molecule has 0 aliphatic heterocycles. The first-order valence-corrected chi connectivity index (χ1v) is 11.0. The number of halogens is 2. The molecule has 2 heterocycles. The van der Waals surface area contributed by atoms with E-state index >= 15 is 0 Å². The van der Waals surface area contributed by atoms with E-state index in [-0.39, 0.29) is 17.5 Å². The van der Waals surface area contributed by atoms with Crippen LogP contribution in [-0.4, -0.2) is 29.5 Å². The van der Waals surface area contributed by atoms with Crippen molar-refractivity contribution in [3.63, 3.8) is 0 Å². The molecule has 2 atom stereocenters. The minimum Gasteiger partial charge on any atom is -0.487 e. The fourth-order valence-electron chi connectivity index (χ4n) is 3.66. The predicted octanol–water partition coefficient (Wildman–Crippen LogP) is 3.25. The molecular weight excluding hydrogens is 428 g/mol. The van der Waals surface area contributed by atoms with Crippen LogP contribution >= 0.6 is 0 Å². The van der Waals surface area contributed by atoms with Crippen molar-refractivity contribution in [2.24, 2.45) is 0 Å². The summed E-state index contributed by atoms with van der Waals surface area (Å²) >= 11 is 0. The van der Waals surface area contributed by atoms with Gasteiger partial charge in [0.1, 0.15) is 34.8 Å². The van der Waals surface area contributed by atoms with Gasteiger partial charge in [-0.05, 0) is 43.0 Å². The summed E-state index contributed by atoms with van der Waals surface area (Å²) in [6, 6.07) is 6.18. The van der Waals surface area contributed by atoms with Crippen molar-refractivity contribution in [3.8, 4) is 5.75 Å². The first-order chi connectivity index (χ1) is 14.8. The predicted molar refractivity (Wildman–Crippen MR) is 109 cm³/mol. The summed E-state index contributed by atoms with van der Waals surface area (Å²) in [6.45, 7) is 0. The molecule has 162 valence electrons. The average molecular weight is 447 g/mol. The van der Waals surface area contributed by atoms with Crippen LogP contribution in [0.4, 0.5) is 20.4 Å². The van der Waals surface area contributed by atoms with Crippen molar-refractivity contribution in [1.82, 2.24) is 15.0 Å². The van der Waals surface area contributed by atoms with Gasteiger partial charge in [0.2, 0.25) is 0 Å². The number of ether oxygens (including phenoxy) is 1. The maximum atomic E-state index is 14.7. The van der Waals surface area contributed by atoms with Gasteiger partial charge in [-0.15, -0.1) is 0 Å². The summed E-state index contributed by atoms with van der Waals surface area (Å²) in [5.41, 5.74) is 6.66. The van der Waals surface area contributed by atoms with Crippen LogP contribution in [0.5, 0.6) is 5.75 Å². The molecule has 0 radical (unpaired) electrons. The van der Waals surface area contributed by atoms with Gasteiger partial charge in [0.15, 0.2) is 11.6 Å². The number of benzene rings is 1. The molecule has 3 N–H and O–H groups in total. The van der Waals surface area contributed by atoms with E-state index in [9.17, 15) is 17.2 Å². The number of nitrogen functional groups attached to an aromatic ring is 1. The van der Waals surface area contributed by atoms with Crippen LogP contribution in [0.1, 0.15) is 30.7 Å². The van der Waals surface area contributed by atoms with Crippen LogP contribution in [0.25, 0.3) is 0 Å². The van der Waals surface area contributed by atoms with Crippen molar-refractivity contribution in [3.05, 3.63) is 66.3 Å². The smallest absolute Gasteiger partial charge is 0.266 e. The monoisotopic (exact) mass is 447 g/mol. The van der Waals surface area contributed by atoms with Crippen molar-refractivity contribution in [1.29, 1.82) is 0 Å². The van der Waals surface area contributed by atoms with Gasteiger partial charge in [0.25, 0.3) is 10.0 Å². The van der Waals surface area contributed by atoms with E-state index in [4.69, 9.17) is 10.5 Å². The van der Waals surface area contributed by atoms with Gasteiger partial charge in [-0.3, -0.25) is 4.72 Å². The van der Waals surface area contributed by atoms with Gasteiger partial charge in [-0.25, -0.2) is 32.2 Å². The third-order valence-corrected chi connectivity index (χ3v) is 6.43. The number of aromatic nitrogens is 3. The number of hydrogen-bond donors (Lipinski definition) is 2. The summed E-state index contributed by atoms with van der Waals surface area (Å²) in [5.74, 6) is -2.23. The highest BCUT2D eigenvalue weighted by Gasteiger charge is 2.32. The molecule has 0 saturated heterocycles. The molecule has 1 fully saturated rings. The molecule has 1 aromatic carbocycles. The highest BCUT2D eigenvalue weighted by Crippen LogP contribution is 2.38. The van der Waals surface area contributed by atoms with E-state index in [0.29, 0.717) is 18.3 Å². The number of anilines is 2. The molecule has 1 aliphatic rings. The lowest BCUT2D eigenvalue weighted by Crippen LogP contribution is -2.21. The highest BCUT2D eigenvalue weighted by atomic mass is 32.2. The third kappa shape index (κ3) is 4.55. The van der Waals surface area contributed by atoms with Gasteiger partial charge >= 0.3 is 0 Å². The molecule has 1 saturated carbocycles. The first-order valence-electron chi connectivity index (χ1n) is 9.49. The number of hydrogen-bond acceptors (Lipinski definition) is 7. The number of nitrogens with zero attached hydrogens (tertiary/aromatic N) is 3. The maximum Gasteiger partial charge on any atom is 0.266 e. The second kappa shape index (κ2) is 8.42. The molecular formula is C20H19F2N5O3S. The van der Waals surface area contributed by atoms with Crippen molar-refractivity contribution in [2.75, 3.05) is 10.5 Å². The van der Waals surface area contributed by atoms with Gasteiger partial charge < -0.3 is 10.5 Å². The Bertz CT molecular complexity index is 1190. The largest absolute Gasteiger partial charge is 0.487 e. The normalized spacial score (nSPS) is 18.6. The van der Waals surface area contributed by atoms with Gasteiger partial charge in [-0.2, -0.15) is 0 Å². The fourth-order valence-corrected chi connectivity index (χ4v) is 4.74. The molecule has 2 aromatic heterocycles. The summed E-state index contributed by atoms with van der Waals surface area (Å²) in [6.07, 6.45) is 5.91. The Kier molecular flexibility index (Phi) is 5.68. The van der Waals surface area contributed by atoms with Crippen molar-refractivity contribution >= 4 is 21.7 Å². The Balaban J connectivity index is 1.57. The molecule has 8 nitrogen and oxygen atoms in total. The number of nitrogens with two attached hydrogens (primary N) is 1. The molecule has 2 unspecified atom stereocenters. The van der Waals surface area contributed by atoms with Gasteiger partial charge in [-0.1, -0.05) is 0 Å². The van der Waals surface area contributed by atoms with Crippen molar-refractivity contribution in [2.45, 2.75) is 36.2 Å². The van der Waals surface area contributed by atoms with Crippen LogP contribution in [0.15, 0.2) is 53.9 Å². The number of nitrogens with one attached hydrogen (secondary N) is 1. The molecule has 11 heteroatoms. The van der Waals surface area contributed by atoms with E-state index in [1.54, 1.807) is 12.3 Å². The zero-order chi connectivity index (χ0) is 22.0. The van der Waals surface area contributed by atoms with E-state index in [2.05, 4.69) is 19.7 Å². The molecule has 1 aliphatic carbocycles. The van der Waals surface area contributed by atoms with E-state index < -0.39 is 32.7 Å². The summed E-state index contributed by atoms with van der Waals surface area (Å²) in [7, 11) is -4.40. The maximum absolute atomic E-state index is 14.7. The Labute approximate surface area is 177 Å². The number of pyridine rings is 1. The molecule has 31 heavy (non-hydrogen) atoms. The van der Waals surface area contributed by atoms with Crippen molar-refractivity contribution < 1.29 is 21.9 Å². The highest BCUT2D eigenvalue weighted by molar-refractivity contribution is 7.92. The van der Waals surface area contributed by atoms with E-state index in [1.165, 1.54) is 12.3 Å². The third-order valence-electron chi connectivity index (χ3n) is 5.06. The van der Waals surface area contributed by atoms with Gasteiger partial charge in [0.05, 0.1) is 0 Å². The van der Waals surface area contributed by atoms with Crippen LogP contribution in [0.2, 0.25) is 0 Å². The van der Waals surface area contributed by atoms with Crippen LogP contribution < -0.4 is 15.2 Å². The molecule has 0 amide bonds. The lowest BCUT2D eigenvalue weighted by Gasteiger charge is -2.22. The van der Waals surface area contributed by atoms with Crippen LogP contribution in [0.3, 0.4) is 0 Å². The Hall–Kier alpha value is -3.34. The fraction of sp³-hybridized carbons (Fsp3) is 0.250. The Morgan fingerprint density at radius 1 is 1.06 bits per heavy atom. The van der Waals surface area contributed by atoms with Crippen LogP contribution in [-0.2, 0) is 10.0 Å². The summed E-state index contributed by atoms with van der Waals surface area (Å²) in [4.78, 5) is 10.5. The molecule has 0 bridgehead atoms. The molecule has 3 aromatic rings. The van der Waals surface area contributed by atoms with Gasteiger partial charge in [0, 0.05) is 30.4 Å². The summed E-state index contributed by atoms with van der Waals surface area (Å²) < 4.78 is 62.1. The first kappa shape index (κ1) is 20.9. The lowest BCUT2D eigenvalue weighted by molar-refractivity contribution is 0.181. The minimum absolute atomic E-state index is 0.0596. The quantitative estimate of drug-likeness (QED) is 0.595. The summed E-state index contributed by atoms with van der Waals surface area (Å²) in [5, 5.41) is 0. The standard InChI is InChI=1S/C20H19F2N5O3S/c21-14-10-18(31(28,29)27-20-5-6-24-11-26-20)15(22)9-17(14)30-16-3-1-2-13(16)12-4-7-25-19(23)8-12/h4-11,13,16H,1-3H2,(H2,23,25)(H,24,26,27). The lowest BCUT2D eigenvalue weighted by atomic mass is 9.96. The zero-order valence-corrected chi connectivity index (χ0v) is 17.0. The second-order valence-corrected chi connectivity index (χ2v) is 8.77. The average Bonchev–Trinajstić information content (AvgIpc) is 3.19. The number of sulfonamides is 1. The topological polar surface area (TPSA) is 120 Å².